The Hall–Kier alpha value is -4.59. The number of halogens is 1. The lowest BCUT2D eigenvalue weighted by Gasteiger charge is -2.25. The minimum Gasteiger partial charge on any atom is -0.443 e. The van der Waals surface area contributed by atoms with Crippen LogP contribution in [0.2, 0.25) is 0 Å². The normalized spacial score (nSPS) is 21.7. The molecule has 0 radical (unpaired) electrons. The predicted molar refractivity (Wildman–Crippen MR) is 148 cm³/mol. The second-order valence-electron chi connectivity index (χ2n) is 11.5. The first-order valence-corrected chi connectivity index (χ1v) is 13.1. The number of benzene rings is 1. The van der Waals surface area contributed by atoms with Crippen LogP contribution in [0.1, 0.15) is 26.6 Å². The zero-order chi connectivity index (χ0) is 29.4. The van der Waals surface area contributed by atoms with E-state index in [4.69, 9.17) is 25.9 Å². The second kappa shape index (κ2) is 8.96. The van der Waals surface area contributed by atoms with Crippen LogP contribution in [0.4, 0.5) is 20.7 Å². The van der Waals surface area contributed by atoms with Gasteiger partial charge in [-0.3, -0.25) is 9.69 Å². The highest BCUT2D eigenvalue weighted by molar-refractivity contribution is 6.16. The highest BCUT2D eigenvalue weighted by Gasteiger charge is 2.70. The quantitative estimate of drug-likeness (QED) is 0.327. The molecular formula is C27H30FN9O4. The molecule has 0 spiro atoms. The zero-order valence-corrected chi connectivity index (χ0v) is 23.2. The summed E-state index contributed by atoms with van der Waals surface area (Å²) in [7, 11) is 1.50. The van der Waals surface area contributed by atoms with Gasteiger partial charge in [-0.25, -0.2) is 19.2 Å². The van der Waals surface area contributed by atoms with E-state index in [1.807, 2.05) is 4.90 Å². The van der Waals surface area contributed by atoms with Gasteiger partial charge in [-0.1, -0.05) is 0 Å². The predicted octanol–water partition coefficient (Wildman–Crippen LogP) is 2.76. The molecule has 1 aromatic carbocycles. The number of carbonyl (C=O) groups excluding carboxylic acids is 2. The first-order valence-electron chi connectivity index (χ1n) is 13.1. The van der Waals surface area contributed by atoms with E-state index in [-0.39, 0.29) is 23.5 Å². The van der Waals surface area contributed by atoms with E-state index in [1.54, 1.807) is 27.7 Å². The zero-order valence-electron chi connectivity index (χ0n) is 23.2. The molecule has 6 rings (SSSR count). The van der Waals surface area contributed by atoms with Crippen LogP contribution < -0.4 is 26.0 Å². The molecule has 1 aliphatic carbocycles. The number of nitrogens with two attached hydrogens (primary N) is 2. The van der Waals surface area contributed by atoms with Crippen molar-refractivity contribution in [2.75, 3.05) is 29.9 Å². The van der Waals surface area contributed by atoms with Crippen molar-refractivity contribution in [1.82, 2.24) is 24.9 Å². The molecular weight excluding hydrogens is 533 g/mol. The first kappa shape index (κ1) is 26.6. The van der Waals surface area contributed by atoms with E-state index < -0.39 is 29.0 Å². The number of ether oxygens (including phenoxy) is 2. The summed E-state index contributed by atoms with van der Waals surface area (Å²) in [6.07, 6.45) is 2.36. The van der Waals surface area contributed by atoms with Crippen molar-refractivity contribution in [3.63, 3.8) is 0 Å². The van der Waals surface area contributed by atoms with E-state index in [2.05, 4.69) is 19.9 Å². The number of nitrogens with one attached hydrogen (secondary N) is 1. The monoisotopic (exact) mass is 563 g/mol. The number of H-pyrrole nitrogens is 1. The van der Waals surface area contributed by atoms with Crippen molar-refractivity contribution in [1.29, 1.82) is 0 Å². The number of piperidine rings is 1. The maximum Gasteiger partial charge on any atom is 0.414 e. The van der Waals surface area contributed by atoms with Gasteiger partial charge in [-0.15, -0.1) is 0 Å². The minimum atomic E-state index is -1.06. The van der Waals surface area contributed by atoms with Crippen LogP contribution in [0.15, 0.2) is 24.5 Å². The lowest BCUT2D eigenvalue weighted by Crippen LogP contribution is -2.47. The number of aromatic amines is 1. The number of anilines is 2. The molecule has 214 valence electrons. The lowest BCUT2D eigenvalue weighted by molar-refractivity contribution is -0.120. The van der Waals surface area contributed by atoms with E-state index in [0.717, 1.165) is 0 Å². The molecule has 2 aliphatic rings. The average molecular weight is 564 g/mol. The average Bonchev–Trinajstić information content (AvgIpc) is 3.21. The van der Waals surface area contributed by atoms with Crippen molar-refractivity contribution in [3.05, 3.63) is 36.2 Å². The van der Waals surface area contributed by atoms with Gasteiger partial charge in [0.1, 0.15) is 34.2 Å². The fraction of sp³-hybridized carbons (Fsp3) is 0.407. The number of hydrogen-bond acceptors (Lipinski definition) is 10. The fourth-order valence-electron chi connectivity index (χ4n) is 5.52. The maximum atomic E-state index is 15.1. The van der Waals surface area contributed by atoms with Gasteiger partial charge in [0.15, 0.2) is 5.75 Å². The van der Waals surface area contributed by atoms with E-state index in [9.17, 15) is 9.59 Å². The Balaban J connectivity index is 1.48. The van der Waals surface area contributed by atoms with Gasteiger partial charge < -0.3 is 30.8 Å². The molecule has 1 aliphatic heterocycles. The van der Waals surface area contributed by atoms with Crippen LogP contribution >= 0.6 is 0 Å². The van der Waals surface area contributed by atoms with Gasteiger partial charge >= 0.3 is 12.1 Å². The number of amides is 2. The molecule has 1 saturated carbocycles. The van der Waals surface area contributed by atoms with E-state index >= 15 is 4.39 Å². The lowest BCUT2D eigenvalue weighted by atomic mass is 10.1. The molecule has 41 heavy (non-hydrogen) atoms. The molecule has 2 amide bonds. The number of primary amides is 1. The number of rotatable bonds is 5. The molecule has 4 aromatic rings. The van der Waals surface area contributed by atoms with Crippen LogP contribution in [0.3, 0.4) is 0 Å². The van der Waals surface area contributed by atoms with Crippen molar-refractivity contribution >= 4 is 45.4 Å². The molecule has 3 aromatic heterocycles. The van der Waals surface area contributed by atoms with Crippen molar-refractivity contribution in [2.45, 2.75) is 38.8 Å². The first-order chi connectivity index (χ1) is 19.3. The number of hydrogen-bond donors (Lipinski definition) is 3. The van der Waals surface area contributed by atoms with Crippen LogP contribution in [-0.4, -0.2) is 68.2 Å². The molecule has 0 bridgehead atoms. The Bertz CT molecular complexity index is 1700. The van der Waals surface area contributed by atoms with Crippen LogP contribution in [0.25, 0.3) is 21.9 Å². The largest absolute Gasteiger partial charge is 0.443 e. The van der Waals surface area contributed by atoms with Crippen molar-refractivity contribution in [2.24, 2.45) is 23.3 Å². The van der Waals surface area contributed by atoms with Crippen LogP contribution in [-0.2, 0) is 9.53 Å². The molecule has 1 unspecified atom stereocenters. The summed E-state index contributed by atoms with van der Waals surface area (Å²) in [5.74, 6) is -0.0264. The fourth-order valence-corrected chi connectivity index (χ4v) is 5.52. The molecule has 4 heterocycles. The second-order valence-corrected chi connectivity index (χ2v) is 11.5. The molecule has 3 atom stereocenters. The van der Waals surface area contributed by atoms with Gasteiger partial charge in [0, 0.05) is 37.4 Å². The van der Waals surface area contributed by atoms with Crippen LogP contribution in [0.5, 0.6) is 11.8 Å². The smallest absolute Gasteiger partial charge is 0.414 e. The van der Waals surface area contributed by atoms with E-state index in [1.165, 1.54) is 36.5 Å². The summed E-state index contributed by atoms with van der Waals surface area (Å²) in [5, 5.41) is 0.981. The van der Waals surface area contributed by atoms with E-state index in [0.29, 0.717) is 52.4 Å². The van der Waals surface area contributed by atoms with Gasteiger partial charge in [0.25, 0.3) is 0 Å². The summed E-state index contributed by atoms with van der Waals surface area (Å²) in [6.45, 7) is 7.83. The summed E-state index contributed by atoms with van der Waals surface area (Å²) in [4.78, 5) is 48.8. The SMILES string of the molecule is Cc1ncc(Oc2nc(N3C[C@@H]4[C@H](C3)C4(N)C(N)=O)c3c(n2)[nH]c2c(N(C)C(=O)OC(C)(C)C)cc(F)cc23)cn1. The van der Waals surface area contributed by atoms with Gasteiger partial charge in [-0.05, 0) is 39.8 Å². The summed E-state index contributed by atoms with van der Waals surface area (Å²) in [6, 6.07) is 2.61. The third-order valence-corrected chi connectivity index (χ3v) is 7.62. The number of carbonyl (C=O) groups is 2. The highest BCUT2D eigenvalue weighted by atomic mass is 19.1. The van der Waals surface area contributed by atoms with Crippen LogP contribution in [0, 0.1) is 24.6 Å². The number of nitrogens with zero attached hydrogens (tertiary/aromatic N) is 6. The Morgan fingerprint density at radius 3 is 2.44 bits per heavy atom. The van der Waals surface area contributed by atoms with Gasteiger partial charge in [-0.2, -0.15) is 9.97 Å². The standard InChI is InChI=1S/C27H30FN9O4/c1-12-31-8-14(9-32-12)40-24-34-21-19(22(35-24)37-10-16-17(11-37)27(16,30)23(29)38)15-6-13(28)7-18(20(15)33-21)36(5)25(39)41-26(2,3)4/h6-9,16-17H,10-11,30H2,1-5H3,(H2,29,38)(H,33,34,35)/t16-,17+,27?. The molecule has 1 saturated heterocycles. The van der Waals surface area contributed by atoms with Gasteiger partial charge in [0.05, 0.1) is 29.0 Å². The minimum absolute atomic E-state index is 0.00325. The topological polar surface area (TPSA) is 178 Å². The molecule has 13 nitrogen and oxygen atoms in total. The third-order valence-electron chi connectivity index (χ3n) is 7.62. The Kier molecular flexibility index (Phi) is 5.82. The van der Waals surface area contributed by atoms with Crippen molar-refractivity contribution in [3.8, 4) is 11.8 Å². The summed E-state index contributed by atoms with van der Waals surface area (Å²) >= 11 is 0. The van der Waals surface area contributed by atoms with Crippen molar-refractivity contribution < 1.29 is 23.5 Å². The Morgan fingerprint density at radius 2 is 1.83 bits per heavy atom. The molecule has 5 N–H and O–H groups in total. The third kappa shape index (κ3) is 4.43. The number of aromatic nitrogens is 5. The molecule has 2 fully saturated rings. The number of fused-ring (bicyclic) bond motifs is 4. The highest BCUT2D eigenvalue weighted by Crippen LogP contribution is 2.54. The Morgan fingerprint density at radius 1 is 1.17 bits per heavy atom. The van der Waals surface area contributed by atoms with Gasteiger partial charge in [0.2, 0.25) is 5.91 Å². The summed E-state index contributed by atoms with van der Waals surface area (Å²) < 4.78 is 26.5. The summed E-state index contributed by atoms with van der Waals surface area (Å²) in [5.41, 5.74) is 11.1. The number of aryl methyl sites for hydroxylation is 1. The molecule has 14 heteroatoms. The Labute approximate surface area is 234 Å². The maximum absolute atomic E-state index is 15.1.